The molecule has 0 atom stereocenters. The van der Waals surface area contributed by atoms with Crippen LogP contribution in [0.2, 0.25) is 0 Å². The van der Waals surface area contributed by atoms with Crippen molar-refractivity contribution in [2.75, 3.05) is 31.1 Å². The molecule has 0 amide bonds. The Morgan fingerprint density at radius 2 is 1.42 bits per heavy atom. The highest BCUT2D eigenvalue weighted by Gasteiger charge is 2.25. The number of pyridine rings is 1. The van der Waals surface area contributed by atoms with Crippen molar-refractivity contribution in [1.29, 1.82) is 0 Å². The zero-order valence-corrected chi connectivity index (χ0v) is 17.9. The molecule has 2 heterocycles. The van der Waals surface area contributed by atoms with Gasteiger partial charge in [-0.3, -0.25) is 9.36 Å². The number of nitrogens with zero attached hydrogens (tertiary/aromatic N) is 2. The quantitative estimate of drug-likeness (QED) is 0.560. The van der Waals surface area contributed by atoms with Crippen LogP contribution >= 0.6 is 0 Å². The molecule has 3 aromatic carbocycles. The van der Waals surface area contributed by atoms with Crippen molar-refractivity contribution >= 4 is 16.6 Å². The highest BCUT2D eigenvalue weighted by atomic mass is 16.1. The molecule has 0 bridgehead atoms. The molecule has 0 radical (unpaired) electrons. The molecule has 4 nitrogen and oxygen atoms in total. The van der Waals surface area contributed by atoms with E-state index in [-0.39, 0.29) is 5.56 Å². The Labute approximate surface area is 183 Å². The van der Waals surface area contributed by atoms with Gasteiger partial charge in [-0.25, -0.2) is 0 Å². The minimum Gasteiger partial charge on any atom is -0.359 e. The van der Waals surface area contributed by atoms with E-state index in [1.54, 1.807) is 4.90 Å². The average Bonchev–Trinajstić information content (AvgIpc) is 2.82. The number of benzene rings is 3. The Morgan fingerprint density at radius 3 is 2.13 bits per heavy atom. The summed E-state index contributed by atoms with van der Waals surface area (Å²) in [5.74, 6) is 0. The number of anilines is 1. The van der Waals surface area contributed by atoms with Crippen LogP contribution in [0.1, 0.15) is 11.1 Å². The highest BCUT2D eigenvalue weighted by Crippen LogP contribution is 2.30. The van der Waals surface area contributed by atoms with Gasteiger partial charge in [0, 0.05) is 22.2 Å². The molecule has 0 aliphatic carbocycles. The SMILES string of the molecule is Cc1c(N2CC[NH+](Cc3ccccc3)CC2)c2ccccc2n(-c2ccccc2)c1=O. The van der Waals surface area contributed by atoms with E-state index in [9.17, 15) is 4.79 Å². The lowest BCUT2D eigenvalue weighted by Gasteiger charge is -2.35. The van der Waals surface area contributed by atoms with Crippen molar-refractivity contribution in [3.8, 4) is 5.69 Å². The fraction of sp³-hybridized carbons (Fsp3) is 0.222. The number of para-hydroxylation sites is 2. The van der Waals surface area contributed by atoms with Crippen molar-refractivity contribution in [2.24, 2.45) is 0 Å². The minimum atomic E-state index is 0.0685. The maximum Gasteiger partial charge on any atom is 0.260 e. The summed E-state index contributed by atoms with van der Waals surface area (Å²) < 4.78 is 1.85. The topological polar surface area (TPSA) is 29.7 Å². The molecule has 0 spiro atoms. The van der Waals surface area contributed by atoms with Gasteiger partial charge in [0.2, 0.25) is 0 Å². The molecule has 1 aromatic heterocycles. The molecule has 1 aliphatic rings. The molecule has 1 saturated heterocycles. The summed E-state index contributed by atoms with van der Waals surface area (Å²) in [6.07, 6.45) is 0. The first-order valence-electron chi connectivity index (χ1n) is 11.0. The van der Waals surface area contributed by atoms with Crippen molar-refractivity contribution in [3.63, 3.8) is 0 Å². The third kappa shape index (κ3) is 3.75. The highest BCUT2D eigenvalue weighted by molar-refractivity contribution is 5.94. The Balaban J connectivity index is 1.49. The second-order valence-corrected chi connectivity index (χ2v) is 8.37. The third-order valence-electron chi connectivity index (χ3n) is 6.38. The van der Waals surface area contributed by atoms with E-state index in [0.717, 1.165) is 60.6 Å². The van der Waals surface area contributed by atoms with Crippen LogP contribution in [0.15, 0.2) is 89.7 Å². The zero-order chi connectivity index (χ0) is 21.2. The predicted molar refractivity (Wildman–Crippen MR) is 127 cm³/mol. The molecule has 1 fully saturated rings. The van der Waals surface area contributed by atoms with Gasteiger partial charge in [0.15, 0.2) is 0 Å². The van der Waals surface area contributed by atoms with Gasteiger partial charge in [0.25, 0.3) is 5.56 Å². The summed E-state index contributed by atoms with van der Waals surface area (Å²) in [5, 5.41) is 1.15. The van der Waals surface area contributed by atoms with Gasteiger partial charge < -0.3 is 9.80 Å². The van der Waals surface area contributed by atoms with Crippen LogP contribution in [0.25, 0.3) is 16.6 Å². The Kier molecular flexibility index (Phi) is 5.31. The number of rotatable bonds is 4. The van der Waals surface area contributed by atoms with Gasteiger partial charge in [0.05, 0.1) is 37.4 Å². The van der Waals surface area contributed by atoms with Crippen molar-refractivity contribution in [3.05, 3.63) is 106 Å². The van der Waals surface area contributed by atoms with E-state index in [2.05, 4.69) is 53.4 Å². The lowest BCUT2D eigenvalue weighted by molar-refractivity contribution is -0.914. The lowest BCUT2D eigenvalue weighted by Crippen LogP contribution is -3.13. The molecule has 5 rings (SSSR count). The second-order valence-electron chi connectivity index (χ2n) is 8.37. The largest absolute Gasteiger partial charge is 0.359 e. The monoisotopic (exact) mass is 410 g/mol. The molecular formula is C27H28N3O+. The fourth-order valence-electron chi connectivity index (χ4n) is 4.80. The van der Waals surface area contributed by atoms with Gasteiger partial charge in [0.1, 0.15) is 6.54 Å². The summed E-state index contributed by atoms with van der Waals surface area (Å²) in [7, 11) is 0. The zero-order valence-electron chi connectivity index (χ0n) is 17.9. The molecule has 1 aliphatic heterocycles. The predicted octanol–water partition coefficient (Wildman–Crippen LogP) is 3.20. The molecular weight excluding hydrogens is 382 g/mol. The first kappa shape index (κ1) is 19.6. The molecule has 4 aromatic rings. The molecule has 0 unspecified atom stereocenters. The molecule has 156 valence electrons. The average molecular weight is 411 g/mol. The number of piperazine rings is 1. The van der Waals surface area contributed by atoms with Crippen LogP contribution in [-0.2, 0) is 6.54 Å². The maximum absolute atomic E-state index is 13.5. The summed E-state index contributed by atoms with van der Waals surface area (Å²) in [4.78, 5) is 17.5. The number of hydrogen-bond acceptors (Lipinski definition) is 2. The lowest BCUT2D eigenvalue weighted by atomic mass is 10.1. The minimum absolute atomic E-state index is 0.0685. The summed E-state index contributed by atoms with van der Waals surface area (Å²) in [6, 6.07) is 29.0. The summed E-state index contributed by atoms with van der Waals surface area (Å²) in [5.41, 5.74) is 5.27. The van der Waals surface area contributed by atoms with Crippen molar-refractivity contribution in [1.82, 2.24) is 4.57 Å². The Bertz CT molecular complexity index is 1240. The molecule has 31 heavy (non-hydrogen) atoms. The van der Waals surface area contributed by atoms with Gasteiger partial charge in [-0.15, -0.1) is 0 Å². The second kappa shape index (κ2) is 8.40. The number of hydrogen-bond donors (Lipinski definition) is 1. The van der Waals surface area contributed by atoms with Crippen LogP contribution in [0.5, 0.6) is 0 Å². The standard InChI is InChI=1S/C27H27N3O/c1-21-26(29-18-16-28(17-19-29)20-22-10-4-2-5-11-22)24-14-8-9-15-25(24)30(27(21)31)23-12-6-3-7-13-23/h2-15H,16-20H2,1H3/p+1. The fourth-order valence-corrected chi connectivity index (χ4v) is 4.80. The number of fused-ring (bicyclic) bond motifs is 1. The van der Waals surface area contributed by atoms with E-state index < -0.39 is 0 Å². The number of aromatic nitrogens is 1. The van der Waals surface area contributed by atoms with Gasteiger partial charge in [-0.1, -0.05) is 66.7 Å². The van der Waals surface area contributed by atoms with E-state index in [0.29, 0.717) is 0 Å². The summed E-state index contributed by atoms with van der Waals surface area (Å²) in [6.45, 7) is 7.11. The van der Waals surface area contributed by atoms with E-state index in [4.69, 9.17) is 0 Å². The third-order valence-corrected chi connectivity index (χ3v) is 6.38. The van der Waals surface area contributed by atoms with E-state index in [1.165, 1.54) is 5.56 Å². The van der Waals surface area contributed by atoms with Crippen LogP contribution in [0.4, 0.5) is 5.69 Å². The van der Waals surface area contributed by atoms with E-state index in [1.807, 2.05) is 47.9 Å². The number of nitrogens with one attached hydrogen (secondary N) is 1. The molecule has 1 N–H and O–H groups in total. The van der Waals surface area contributed by atoms with Gasteiger partial charge in [-0.2, -0.15) is 0 Å². The van der Waals surface area contributed by atoms with Crippen molar-refractivity contribution < 1.29 is 4.90 Å². The van der Waals surface area contributed by atoms with Crippen LogP contribution < -0.4 is 15.4 Å². The molecule has 4 heteroatoms. The van der Waals surface area contributed by atoms with Crippen LogP contribution in [0.3, 0.4) is 0 Å². The van der Waals surface area contributed by atoms with E-state index >= 15 is 0 Å². The first-order valence-corrected chi connectivity index (χ1v) is 11.0. The number of quaternary nitrogens is 1. The Hall–Kier alpha value is -3.37. The smallest absolute Gasteiger partial charge is 0.260 e. The van der Waals surface area contributed by atoms with Crippen LogP contribution in [0, 0.1) is 6.92 Å². The normalized spacial score (nSPS) is 14.8. The van der Waals surface area contributed by atoms with Gasteiger partial charge >= 0.3 is 0 Å². The van der Waals surface area contributed by atoms with Gasteiger partial charge in [-0.05, 0) is 25.1 Å². The maximum atomic E-state index is 13.5. The van der Waals surface area contributed by atoms with Crippen molar-refractivity contribution in [2.45, 2.75) is 13.5 Å². The molecule has 0 saturated carbocycles. The first-order chi connectivity index (χ1) is 15.2. The van der Waals surface area contributed by atoms with Crippen LogP contribution in [-0.4, -0.2) is 30.7 Å². The summed E-state index contributed by atoms with van der Waals surface area (Å²) >= 11 is 0. The Morgan fingerprint density at radius 1 is 0.806 bits per heavy atom.